The molecule has 1 aromatic rings. The Morgan fingerprint density at radius 2 is 2.11 bits per heavy atom. The Labute approximate surface area is 132 Å². The summed E-state index contributed by atoms with van der Waals surface area (Å²) in [6.07, 6.45) is 0.939. The molecule has 0 spiro atoms. The lowest BCUT2D eigenvalue weighted by molar-refractivity contribution is 0.145. The molecule has 4 nitrogen and oxygen atoms in total. The smallest absolute Gasteiger partial charge is 0.188 e. The molecule has 0 saturated heterocycles. The van der Waals surface area contributed by atoms with Crippen molar-refractivity contribution >= 4 is 29.9 Å². The number of hydrogen-bond acceptors (Lipinski definition) is 2. The monoisotopic (exact) mass is 377 g/mol. The van der Waals surface area contributed by atoms with E-state index in [-0.39, 0.29) is 24.0 Å². The van der Waals surface area contributed by atoms with E-state index < -0.39 is 0 Å². The fourth-order valence-electron chi connectivity index (χ4n) is 1.55. The van der Waals surface area contributed by atoms with Crippen LogP contribution in [-0.2, 0) is 11.3 Å². The number of ether oxygens (including phenoxy) is 1. The second-order valence-electron chi connectivity index (χ2n) is 4.11. The van der Waals surface area contributed by atoms with Crippen molar-refractivity contribution in [3.8, 4) is 0 Å². The van der Waals surface area contributed by atoms with Gasteiger partial charge < -0.3 is 15.8 Å². The van der Waals surface area contributed by atoms with Crippen LogP contribution in [0.2, 0.25) is 0 Å². The number of benzene rings is 1. The van der Waals surface area contributed by atoms with E-state index in [1.807, 2.05) is 19.1 Å². The zero-order chi connectivity index (χ0) is 13.2. The van der Waals surface area contributed by atoms with Crippen LogP contribution in [0.25, 0.3) is 0 Å². The fourth-order valence-corrected chi connectivity index (χ4v) is 1.55. The lowest BCUT2D eigenvalue weighted by Gasteiger charge is -2.06. The molecule has 0 fully saturated rings. The predicted molar refractivity (Wildman–Crippen MR) is 91.0 cm³/mol. The second-order valence-corrected chi connectivity index (χ2v) is 4.11. The summed E-state index contributed by atoms with van der Waals surface area (Å²) in [6, 6.07) is 8.19. The van der Waals surface area contributed by atoms with Crippen LogP contribution in [0, 0.1) is 6.92 Å². The largest absolute Gasteiger partial charge is 0.382 e. The van der Waals surface area contributed by atoms with Gasteiger partial charge in [0, 0.05) is 19.8 Å². The molecule has 19 heavy (non-hydrogen) atoms. The maximum atomic E-state index is 5.78. The molecular formula is C14H24IN3O. The molecule has 1 aromatic carbocycles. The summed E-state index contributed by atoms with van der Waals surface area (Å²) in [4.78, 5) is 4.32. The van der Waals surface area contributed by atoms with Crippen LogP contribution >= 0.6 is 24.0 Å². The van der Waals surface area contributed by atoms with Crippen molar-refractivity contribution in [1.29, 1.82) is 0 Å². The molecule has 0 aromatic heterocycles. The zero-order valence-corrected chi connectivity index (χ0v) is 14.0. The lowest BCUT2D eigenvalue weighted by atomic mass is 10.1. The van der Waals surface area contributed by atoms with Gasteiger partial charge in [-0.1, -0.05) is 24.3 Å². The first-order valence-corrected chi connectivity index (χ1v) is 6.40. The van der Waals surface area contributed by atoms with Gasteiger partial charge in [0.05, 0.1) is 6.54 Å². The molecule has 0 atom stereocenters. The Balaban J connectivity index is 0.00000324. The van der Waals surface area contributed by atoms with Crippen molar-refractivity contribution in [2.75, 3.05) is 19.8 Å². The molecule has 108 valence electrons. The summed E-state index contributed by atoms with van der Waals surface area (Å²) in [6.45, 7) is 7.01. The Bertz CT molecular complexity index is 383. The number of nitrogens with one attached hydrogen (secondary N) is 1. The number of guanidine groups is 1. The number of aliphatic imine (C=N–C) groups is 1. The summed E-state index contributed by atoms with van der Waals surface area (Å²) in [5.74, 6) is 0.495. The number of hydrogen-bond donors (Lipinski definition) is 2. The Hall–Kier alpha value is -0.820. The molecule has 0 aliphatic heterocycles. The standard InChI is InChI=1S/C14H23N3O.HI/c1-3-18-10-6-9-16-14(15)17-11-13-8-5-4-7-12(13)2;/h4-5,7-8H,3,6,9-11H2,1-2H3,(H3,15,16,17);1H. The Morgan fingerprint density at radius 1 is 1.37 bits per heavy atom. The van der Waals surface area contributed by atoms with Gasteiger partial charge in [0.2, 0.25) is 0 Å². The van der Waals surface area contributed by atoms with Gasteiger partial charge in [-0.25, -0.2) is 4.99 Å². The molecule has 1 rings (SSSR count). The van der Waals surface area contributed by atoms with Gasteiger partial charge in [-0.05, 0) is 31.4 Å². The summed E-state index contributed by atoms with van der Waals surface area (Å²) in [5, 5.41) is 3.08. The van der Waals surface area contributed by atoms with Crippen LogP contribution in [0.15, 0.2) is 29.3 Å². The number of rotatable bonds is 7. The van der Waals surface area contributed by atoms with E-state index >= 15 is 0 Å². The van der Waals surface area contributed by atoms with Gasteiger partial charge in [0.15, 0.2) is 5.96 Å². The van der Waals surface area contributed by atoms with Gasteiger partial charge in [-0.3, -0.25) is 0 Å². The molecule has 0 bridgehead atoms. The molecule has 0 aliphatic rings. The molecule has 0 radical (unpaired) electrons. The van der Waals surface area contributed by atoms with Crippen LogP contribution in [0.5, 0.6) is 0 Å². The summed E-state index contributed by atoms with van der Waals surface area (Å²) in [5.41, 5.74) is 8.23. The highest BCUT2D eigenvalue weighted by Crippen LogP contribution is 2.07. The topological polar surface area (TPSA) is 59.6 Å². The Kier molecular flexibility index (Phi) is 10.6. The molecule has 0 amide bonds. The van der Waals surface area contributed by atoms with Crippen LogP contribution in [0.3, 0.4) is 0 Å². The Morgan fingerprint density at radius 3 is 2.79 bits per heavy atom. The average molecular weight is 377 g/mol. The van der Waals surface area contributed by atoms with Crippen LogP contribution < -0.4 is 11.1 Å². The van der Waals surface area contributed by atoms with E-state index in [0.29, 0.717) is 12.5 Å². The third-order valence-electron chi connectivity index (χ3n) is 2.66. The van der Waals surface area contributed by atoms with Gasteiger partial charge >= 0.3 is 0 Å². The van der Waals surface area contributed by atoms with Crippen molar-refractivity contribution in [2.45, 2.75) is 26.8 Å². The van der Waals surface area contributed by atoms with Crippen LogP contribution in [0.1, 0.15) is 24.5 Å². The molecule has 0 saturated carbocycles. The van der Waals surface area contributed by atoms with Crippen molar-refractivity contribution in [3.05, 3.63) is 35.4 Å². The maximum absolute atomic E-state index is 5.78. The molecule has 0 aliphatic carbocycles. The third-order valence-corrected chi connectivity index (χ3v) is 2.66. The normalized spacial score (nSPS) is 10.9. The van der Waals surface area contributed by atoms with Crippen LogP contribution in [-0.4, -0.2) is 25.7 Å². The molecule has 0 unspecified atom stereocenters. The van der Waals surface area contributed by atoms with E-state index in [9.17, 15) is 0 Å². The second kappa shape index (κ2) is 11.0. The summed E-state index contributed by atoms with van der Waals surface area (Å²) in [7, 11) is 0. The maximum Gasteiger partial charge on any atom is 0.188 e. The highest BCUT2D eigenvalue weighted by atomic mass is 127. The van der Waals surface area contributed by atoms with Crippen molar-refractivity contribution < 1.29 is 4.74 Å². The molecule has 5 heteroatoms. The average Bonchev–Trinajstić information content (AvgIpc) is 2.37. The number of aryl methyl sites for hydroxylation is 1. The molecule has 0 heterocycles. The van der Waals surface area contributed by atoms with Gasteiger partial charge in [0.1, 0.15) is 0 Å². The quantitative estimate of drug-likeness (QED) is 0.332. The van der Waals surface area contributed by atoms with E-state index in [2.05, 4.69) is 29.4 Å². The van der Waals surface area contributed by atoms with Gasteiger partial charge in [-0.2, -0.15) is 0 Å². The highest BCUT2D eigenvalue weighted by Gasteiger charge is 1.96. The van der Waals surface area contributed by atoms with E-state index in [1.165, 1.54) is 11.1 Å². The third kappa shape index (κ3) is 8.05. The fraction of sp³-hybridized carbons (Fsp3) is 0.500. The SMILES string of the molecule is CCOCCCNC(N)=NCc1ccccc1C.I. The number of nitrogens with zero attached hydrogens (tertiary/aromatic N) is 1. The van der Waals surface area contributed by atoms with Crippen LogP contribution in [0.4, 0.5) is 0 Å². The van der Waals surface area contributed by atoms with Crippen molar-refractivity contribution in [1.82, 2.24) is 5.32 Å². The lowest BCUT2D eigenvalue weighted by Crippen LogP contribution is -2.32. The first-order chi connectivity index (χ1) is 8.74. The first-order valence-electron chi connectivity index (χ1n) is 6.40. The minimum Gasteiger partial charge on any atom is -0.382 e. The van der Waals surface area contributed by atoms with Crippen molar-refractivity contribution in [3.63, 3.8) is 0 Å². The van der Waals surface area contributed by atoms with Crippen molar-refractivity contribution in [2.24, 2.45) is 10.7 Å². The number of nitrogens with two attached hydrogens (primary N) is 1. The zero-order valence-electron chi connectivity index (χ0n) is 11.7. The molecule has 3 N–H and O–H groups in total. The summed E-state index contributed by atoms with van der Waals surface area (Å²) >= 11 is 0. The minimum atomic E-state index is 0. The van der Waals surface area contributed by atoms with Gasteiger partial charge in [0.25, 0.3) is 0 Å². The number of halogens is 1. The van der Waals surface area contributed by atoms with Gasteiger partial charge in [-0.15, -0.1) is 24.0 Å². The van der Waals surface area contributed by atoms with E-state index in [0.717, 1.165) is 26.2 Å². The highest BCUT2D eigenvalue weighted by molar-refractivity contribution is 14.0. The first kappa shape index (κ1) is 18.2. The minimum absolute atomic E-state index is 0. The molecular weight excluding hydrogens is 353 g/mol. The van der Waals surface area contributed by atoms with E-state index in [1.54, 1.807) is 0 Å². The predicted octanol–water partition coefficient (Wildman–Crippen LogP) is 2.44. The summed E-state index contributed by atoms with van der Waals surface area (Å²) < 4.78 is 5.24. The van der Waals surface area contributed by atoms with E-state index in [4.69, 9.17) is 10.5 Å².